The van der Waals surface area contributed by atoms with Gasteiger partial charge in [0.05, 0.1) is 24.6 Å². The molecule has 7 heteroatoms. The highest BCUT2D eigenvalue weighted by molar-refractivity contribution is 6.31. The molecule has 0 aliphatic carbocycles. The molecule has 1 amide bonds. The van der Waals surface area contributed by atoms with E-state index in [9.17, 15) is 9.59 Å². The lowest BCUT2D eigenvalue weighted by molar-refractivity contribution is 0.102. The SMILES string of the molecule is O=C(Nc1cc(Cl)ccc1N1CCOCC1)c1cc2ccccc2oc1=O. The molecule has 1 aromatic heterocycles. The standard InChI is InChI=1S/C20H17ClN2O4/c21-14-5-6-17(23-7-9-26-10-8-23)16(12-14)22-19(24)15-11-13-3-1-2-4-18(13)27-20(15)25/h1-6,11-12H,7-10H2,(H,22,24). The van der Waals surface area contributed by atoms with Gasteiger partial charge < -0.3 is 19.4 Å². The first-order chi connectivity index (χ1) is 13.1. The van der Waals surface area contributed by atoms with Gasteiger partial charge in [-0.2, -0.15) is 0 Å². The van der Waals surface area contributed by atoms with Gasteiger partial charge in [0.15, 0.2) is 0 Å². The summed E-state index contributed by atoms with van der Waals surface area (Å²) in [4.78, 5) is 27.1. The van der Waals surface area contributed by atoms with Crippen LogP contribution >= 0.6 is 11.6 Å². The maximum Gasteiger partial charge on any atom is 0.349 e. The van der Waals surface area contributed by atoms with Crippen molar-refractivity contribution < 1.29 is 13.9 Å². The minimum absolute atomic E-state index is 0.0541. The topological polar surface area (TPSA) is 71.8 Å². The van der Waals surface area contributed by atoms with Crippen LogP contribution in [-0.2, 0) is 4.74 Å². The number of nitrogens with one attached hydrogen (secondary N) is 1. The number of benzene rings is 2. The number of halogens is 1. The first-order valence-electron chi connectivity index (χ1n) is 8.58. The van der Waals surface area contributed by atoms with Crippen molar-refractivity contribution in [3.05, 3.63) is 69.5 Å². The number of rotatable bonds is 3. The van der Waals surface area contributed by atoms with Gasteiger partial charge >= 0.3 is 5.63 Å². The summed E-state index contributed by atoms with van der Waals surface area (Å²) >= 11 is 6.12. The lowest BCUT2D eigenvalue weighted by Crippen LogP contribution is -2.36. The minimum Gasteiger partial charge on any atom is -0.422 e. The van der Waals surface area contributed by atoms with Crippen LogP contribution in [0.3, 0.4) is 0 Å². The number of ether oxygens (including phenoxy) is 1. The van der Waals surface area contributed by atoms with Crippen molar-refractivity contribution >= 4 is 39.9 Å². The van der Waals surface area contributed by atoms with E-state index in [1.54, 1.807) is 30.3 Å². The maximum atomic E-state index is 12.8. The molecule has 0 radical (unpaired) electrons. The summed E-state index contributed by atoms with van der Waals surface area (Å²) in [6.07, 6.45) is 0. The molecule has 4 rings (SSSR count). The molecule has 3 aromatic rings. The van der Waals surface area contributed by atoms with E-state index in [-0.39, 0.29) is 5.56 Å². The van der Waals surface area contributed by atoms with Crippen LogP contribution in [-0.4, -0.2) is 32.2 Å². The molecule has 0 unspecified atom stereocenters. The molecule has 27 heavy (non-hydrogen) atoms. The van der Waals surface area contributed by atoms with Gasteiger partial charge in [-0.05, 0) is 30.3 Å². The van der Waals surface area contributed by atoms with Crippen LogP contribution in [0.4, 0.5) is 11.4 Å². The monoisotopic (exact) mass is 384 g/mol. The number of fused-ring (bicyclic) bond motifs is 1. The van der Waals surface area contributed by atoms with Crippen LogP contribution in [0.2, 0.25) is 5.02 Å². The number of morpholine rings is 1. The van der Waals surface area contributed by atoms with Crippen LogP contribution in [0.15, 0.2) is 57.7 Å². The van der Waals surface area contributed by atoms with Gasteiger partial charge in [0.1, 0.15) is 11.1 Å². The van der Waals surface area contributed by atoms with Crippen LogP contribution in [0.5, 0.6) is 0 Å². The molecule has 0 bridgehead atoms. The number of nitrogens with zero attached hydrogens (tertiary/aromatic N) is 1. The van der Waals surface area contributed by atoms with Gasteiger partial charge in [-0.15, -0.1) is 0 Å². The second-order valence-corrected chi connectivity index (χ2v) is 6.64. The maximum absolute atomic E-state index is 12.8. The quantitative estimate of drug-likeness (QED) is 0.699. The van der Waals surface area contributed by atoms with Crippen molar-refractivity contribution in [2.75, 3.05) is 36.5 Å². The van der Waals surface area contributed by atoms with Crippen molar-refractivity contribution in [3.63, 3.8) is 0 Å². The number of carbonyl (C=O) groups excluding carboxylic acids is 1. The molecule has 1 aliphatic heterocycles. The number of para-hydroxylation sites is 1. The van der Waals surface area contributed by atoms with E-state index in [0.29, 0.717) is 48.0 Å². The van der Waals surface area contributed by atoms with Crippen molar-refractivity contribution in [2.24, 2.45) is 0 Å². The second kappa shape index (κ2) is 7.42. The Balaban J connectivity index is 1.68. The molecule has 6 nitrogen and oxygen atoms in total. The van der Waals surface area contributed by atoms with Gasteiger partial charge in [0.2, 0.25) is 0 Å². The third-order valence-corrected chi connectivity index (χ3v) is 4.68. The molecule has 0 saturated carbocycles. The molecule has 1 aliphatic rings. The normalized spacial score (nSPS) is 14.3. The number of hydrogen-bond acceptors (Lipinski definition) is 5. The Bertz CT molecular complexity index is 1060. The summed E-state index contributed by atoms with van der Waals surface area (Å²) in [6.45, 7) is 2.65. The van der Waals surface area contributed by atoms with Crippen molar-refractivity contribution in [2.45, 2.75) is 0 Å². The average molecular weight is 385 g/mol. The van der Waals surface area contributed by atoms with E-state index in [2.05, 4.69) is 10.2 Å². The molecule has 2 heterocycles. The van der Waals surface area contributed by atoms with E-state index in [1.165, 1.54) is 6.07 Å². The van der Waals surface area contributed by atoms with Crippen molar-refractivity contribution in [1.82, 2.24) is 0 Å². The second-order valence-electron chi connectivity index (χ2n) is 6.20. The molecule has 138 valence electrons. The van der Waals surface area contributed by atoms with E-state index < -0.39 is 11.5 Å². The third kappa shape index (κ3) is 3.67. The van der Waals surface area contributed by atoms with Crippen molar-refractivity contribution in [1.29, 1.82) is 0 Å². The zero-order valence-corrected chi connectivity index (χ0v) is 15.2. The van der Waals surface area contributed by atoms with Gasteiger partial charge in [-0.3, -0.25) is 4.79 Å². The van der Waals surface area contributed by atoms with Crippen LogP contribution in [0.1, 0.15) is 10.4 Å². The van der Waals surface area contributed by atoms with Gasteiger partial charge in [-0.1, -0.05) is 29.8 Å². The van der Waals surface area contributed by atoms with Crippen LogP contribution in [0.25, 0.3) is 11.0 Å². The number of carbonyl (C=O) groups is 1. The average Bonchev–Trinajstić information content (AvgIpc) is 2.68. The van der Waals surface area contributed by atoms with Gasteiger partial charge in [0.25, 0.3) is 5.91 Å². The zero-order valence-electron chi connectivity index (χ0n) is 14.4. The van der Waals surface area contributed by atoms with Gasteiger partial charge in [0, 0.05) is 23.5 Å². The lowest BCUT2D eigenvalue weighted by Gasteiger charge is -2.30. The summed E-state index contributed by atoms with van der Waals surface area (Å²) < 4.78 is 10.6. The molecule has 1 N–H and O–H groups in total. The van der Waals surface area contributed by atoms with E-state index in [0.717, 1.165) is 5.69 Å². The summed E-state index contributed by atoms with van der Waals surface area (Å²) in [6, 6.07) is 13.9. The van der Waals surface area contributed by atoms with Crippen LogP contribution in [0, 0.1) is 0 Å². The number of amides is 1. The molecule has 0 atom stereocenters. The highest BCUT2D eigenvalue weighted by atomic mass is 35.5. The molecular weight excluding hydrogens is 368 g/mol. The molecule has 1 fully saturated rings. The first kappa shape index (κ1) is 17.6. The number of anilines is 2. The smallest absolute Gasteiger partial charge is 0.349 e. The first-order valence-corrected chi connectivity index (χ1v) is 8.96. The Morgan fingerprint density at radius 1 is 1.07 bits per heavy atom. The van der Waals surface area contributed by atoms with Crippen molar-refractivity contribution in [3.8, 4) is 0 Å². The summed E-state index contributed by atoms with van der Waals surface area (Å²) in [5, 5.41) is 3.98. The lowest BCUT2D eigenvalue weighted by atomic mass is 10.1. The highest BCUT2D eigenvalue weighted by Crippen LogP contribution is 2.30. The fraction of sp³-hybridized carbons (Fsp3) is 0.200. The Morgan fingerprint density at radius 2 is 1.85 bits per heavy atom. The predicted octanol–water partition coefficient (Wildman–Crippen LogP) is 3.54. The van der Waals surface area contributed by atoms with E-state index >= 15 is 0 Å². The predicted molar refractivity (Wildman–Crippen MR) is 105 cm³/mol. The Kier molecular flexibility index (Phi) is 4.83. The molecule has 2 aromatic carbocycles. The molecule has 1 saturated heterocycles. The molecule has 0 spiro atoms. The van der Waals surface area contributed by atoms with E-state index in [4.69, 9.17) is 20.8 Å². The Labute approximate surface area is 160 Å². The fourth-order valence-corrected chi connectivity index (χ4v) is 3.27. The largest absolute Gasteiger partial charge is 0.422 e. The Morgan fingerprint density at radius 3 is 2.67 bits per heavy atom. The number of hydrogen-bond donors (Lipinski definition) is 1. The third-order valence-electron chi connectivity index (χ3n) is 4.44. The summed E-state index contributed by atoms with van der Waals surface area (Å²) in [5.41, 5.74) is 1.08. The van der Waals surface area contributed by atoms with Gasteiger partial charge in [-0.25, -0.2) is 4.79 Å². The summed E-state index contributed by atoms with van der Waals surface area (Å²) in [7, 11) is 0. The Hall–Kier alpha value is -2.83. The van der Waals surface area contributed by atoms with Crippen LogP contribution < -0.4 is 15.8 Å². The zero-order chi connectivity index (χ0) is 18.8. The highest BCUT2D eigenvalue weighted by Gasteiger charge is 2.19. The van der Waals surface area contributed by atoms with E-state index in [1.807, 2.05) is 12.1 Å². The molecular formula is C20H17ClN2O4. The summed E-state index contributed by atoms with van der Waals surface area (Å²) in [5.74, 6) is -0.536. The minimum atomic E-state index is -0.679. The fourth-order valence-electron chi connectivity index (χ4n) is 3.10.